The van der Waals surface area contributed by atoms with Crippen LogP contribution in [0.15, 0.2) is 0 Å². The van der Waals surface area contributed by atoms with Crippen LogP contribution in [-0.2, 0) is 9.05 Å². The van der Waals surface area contributed by atoms with E-state index in [4.69, 9.17) is 5.11 Å². The van der Waals surface area contributed by atoms with Crippen molar-refractivity contribution in [3.8, 4) is 0 Å². The molecule has 0 heterocycles. The molecular formula is C2H4Na4O7P2. The molecule has 1 unspecified atom stereocenters. The van der Waals surface area contributed by atoms with Gasteiger partial charge in [-0.2, -0.15) is 17.2 Å². The van der Waals surface area contributed by atoms with Gasteiger partial charge in [-0.25, -0.2) is 0 Å². The Labute approximate surface area is 178 Å². The maximum Gasteiger partial charge on any atom is 1.00 e. The Bertz CT molecular complexity index is 109. The summed E-state index contributed by atoms with van der Waals surface area (Å²) in [5.74, 6) is 0. The zero-order valence-corrected chi connectivity index (χ0v) is 18.9. The summed E-state index contributed by atoms with van der Waals surface area (Å²) in [5, 5.41) is 8.47. The smallest absolute Gasteiger partial charge is 0.820 e. The average Bonchev–Trinajstić information content (AvgIpc) is 1.82. The maximum atomic E-state index is 9.70. The van der Waals surface area contributed by atoms with E-state index in [0.29, 0.717) is 0 Å². The first-order chi connectivity index (χ1) is 5.02. The van der Waals surface area contributed by atoms with E-state index in [9.17, 15) is 19.6 Å². The standard InChI is InChI=1S/C2H4O7P2.4Na/c3-2(9-11(6)7)1-8-10(4)5;;;;/h2-3H,1H2;;;;/q-4;4*+1. The van der Waals surface area contributed by atoms with Crippen molar-refractivity contribution >= 4 is 17.2 Å². The van der Waals surface area contributed by atoms with E-state index in [1.165, 1.54) is 0 Å². The molecule has 0 aromatic heterocycles. The molecule has 0 saturated carbocycles. The Hall–Kier alpha value is 4.58. The maximum absolute atomic E-state index is 9.70. The van der Waals surface area contributed by atoms with Crippen LogP contribution in [0.25, 0.3) is 0 Å². The molecule has 1 atom stereocenters. The van der Waals surface area contributed by atoms with Crippen molar-refractivity contribution < 1.29 is 152 Å². The summed E-state index contributed by atoms with van der Waals surface area (Å²) in [6.07, 6.45) is -1.77. The van der Waals surface area contributed by atoms with Crippen molar-refractivity contribution in [1.82, 2.24) is 0 Å². The number of aliphatic hydroxyl groups excluding tert-OH is 1. The Kier molecular flexibility index (Phi) is 44.3. The second-order valence-electron chi connectivity index (χ2n) is 1.30. The van der Waals surface area contributed by atoms with Crippen LogP contribution in [0.1, 0.15) is 0 Å². The quantitative estimate of drug-likeness (QED) is 0.302. The molecule has 0 aromatic carbocycles. The molecule has 0 rings (SSSR count). The van der Waals surface area contributed by atoms with Crippen molar-refractivity contribution in [1.29, 1.82) is 0 Å². The largest absolute Gasteiger partial charge is 1.00 e. The third-order valence-corrected chi connectivity index (χ3v) is 1.31. The first kappa shape index (κ1) is 31.8. The molecule has 0 saturated heterocycles. The normalized spacial score (nSPS) is 10.6. The zero-order valence-electron chi connectivity index (χ0n) is 9.08. The van der Waals surface area contributed by atoms with Gasteiger partial charge in [0.1, 0.15) is 0 Å². The Balaban J connectivity index is -0.0000000833. The summed E-state index contributed by atoms with van der Waals surface area (Å²) in [4.78, 5) is 38.8. The van der Waals surface area contributed by atoms with Crippen LogP contribution in [0.5, 0.6) is 0 Å². The van der Waals surface area contributed by atoms with Crippen LogP contribution >= 0.6 is 17.2 Å². The molecular weight excluding hydrogens is 290 g/mol. The molecule has 0 aliphatic rings. The van der Waals surface area contributed by atoms with E-state index < -0.39 is 30.1 Å². The van der Waals surface area contributed by atoms with Crippen LogP contribution < -0.4 is 138 Å². The monoisotopic (exact) mass is 294 g/mol. The van der Waals surface area contributed by atoms with Crippen LogP contribution in [0.4, 0.5) is 0 Å². The zero-order chi connectivity index (χ0) is 8.85. The molecule has 1 N–H and O–H groups in total. The van der Waals surface area contributed by atoms with Gasteiger partial charge >= 0.3 is 118 Å². The van der Waals surface area contributed by atoms with E-state index >= 15 is 0 Å². The molecule has 0 fully saturated rings. The molecule has 15 heavy (non-hydrogen) atoms. The number of rotatable bonds is 5. The fraction of sp³-hybridized carbons (Fsp3) is 1.00. The number of aliphatic hydroxyl groups is 1. The van der Waals surface area contributed by atoms with Crippen LogP contribution in [0.2, 0.25) is 0 Å². The minimum atomic E-state index is -3.20. The fourth-order valence-corrected chi connectivity index (χ4v) is 0.763. The summed E-state index contributed by atoms with van der Waals surface area (Å²) >= 11 is 0. The first-order valence-corrected chi connectivity index (χ1v) is 4.48. The minimum absolute atomic E-state index is 0. The van der Waals surface area contributed by atoms with Crippen LogP contribution in [0.3, 0.4) is 0 Å². The summed E-state index contributed by atoms with van der Waals surface area (Å²) in [7, 11) is -6.29. The van der Waals surface area contributed by atoms with E-state index in [-0.39, 0.29) is 118 Å². The molecule has 0 aliphatic heterocycles. The second-order valence-corrected chi connectivity index (χ2v) is 2.67. The third kappa shape index (κ3) is 27.7. The third-order valence-electron chi connectivity index (χ3n) is 0.530. The van der Waals surface area contributed by atoms with Crippen molar-refractivity contribution in [2.24, 2.45) is 0 Å². The van der Waals surface area contributed by atoms with Gasteiger partial charge in [0.2, 0.25) is 0 Å². The van der Waals surface area contributed by atoms with E-state index in [1.807, 2.05) is 0 Å². The Morgan fingerprint density at radius 2 is 1.33 bits per heavy atom. The van der Waals surface area contributed by atoms with Crippen molar-refractivity contribution in [3.05, 3.63) is 0 Å². The van der Waals surface area contributed by atoms with Gasteiger partial charge in [0.25, 0.3) is 0 Å². The van der Waals surface area contributed by atoms with E-state index in [1.54, 1.807) is 0 Å². The van der Waals surface area contributed by atoms with E-state index in [2.05, 4.69) is 9.05 Å². The molecule has 0 bridgehead atoms. The first-order valence-electron chi connectivity index (χ1n) is 2.29. The number of hydrogen-bond acceptors (Lipinski definition) is 7. The van der Waals surface area contributed by atoms with Crippen molar-refractivity contribution in [2.75, 3.05) is 6.61 Å². The summed E-state index contributed by atoms with van der Waals surface area (Å²) in [5.41, 5.74) is 0. The van der Waals surface area contributed by atoms with Gasteiger partial charge in [-0.05, 0) is 0 Å². The van der Waals surface area contributed by atoms with Gasteiger partial charge in [-0.15, -0.1) is 0 Å². The molecule has 13 heteroatoms. The molecule has 0 spiro atoms. The van der Waals surface area contributed by atoms with Crippen LogP contribution in [-0.4, -0.2) is 18.0 Å². The Morgan fingerprint density at radius 1 is 0.933 bits per heavy atom. The van der Waals surface area contributed by atoms with Gasteiger partial charge in [-0.3, -0.25) is 0 Å². The molecule has 0 aromatic rings. The second kappa shape index (κ2) is 20.9. The summed E-state index contributed by atoms with van der Waals surface area (Å²) in [6.45, 7) is -0.734. The predicted molar refractivity (Wildman–Crippen MR) is 26.9 cm³/mol. The molecule has 0 radical (unpaired) electrons. The Morgan fingerprint density at radius 3 is 1.60 bits per heavy atom. The molecule has 0 amide bonds. The van der Waals surface area contributed by atoms with Crippen molar-refractivity contribution in [2.45, 2.75) is 6.29 Å². The average molecular weight is 294 g/mol. The predicted octanol–water partition coefficient (Wildman–Crippen LogP) is -15.8. The van der Waals surface area contributed by atoms with E-state index in [0.717, 1.165) is 0 Å². The summed E-state index contributed by atoms with van der Waals surface area (Å²) < 4.78 is 7.53. The van der Waals surface area contributed by atoms with Gasteiger partial charge in [-0.1, -0.05) is 0 Å². The van der Waals surface area contributed by atoms with Gasteiger partial charge in [0.15, 0.2) is 6.29 Å². The summed E-state index contributed by atoms with van der Waals surface area (Å²) in [6, 6.07) is 0. The van der Waals surface area contributed by atoms with Crippen molar-refractivity contribution in [3.63, 3.8) is 0 Å². The minimum Gasteiger partial charge on any atom is -0.820 e. The molecule has 68 valence electrons. The topological polar surface area (TPSA) is 131 Å². The molecule has 0 aliphatic carbocycles. The number of hydrogen-bond donors (Lipinski definition) is 1. The fourth-order valence-electron chi connectivity index (χ4n) is 0.254. The van der Waals surface area contributed by atoms with Gasteiger partial charge in [0, 0.05) is 0 Å². The van der Waals surface area contributed by atoms with Gasteiger partial charge in [0.05, 0.1) is 6.61 Å². The van der Waals surface area contributed by atoms with Gasteiger partial charge < -0.3 is 33.7 Å². The molecule has 7 nitrogen and oxygen atoms in total. The SMILES string of the molecule is [Na+].[Na+].[Na+].[Na+].[O-]P([O-])OCC(O)OP([O-])[O-]. The van der Waals surface area contributed by atoms with Crippen LogP contribution in [0, 0.1) is 0 Å².